The van der Waals surface area contributed by atoms with Gasteiger partial charge in [-0.2, -0.15) is 12.7 Å². The number of anilines is 2. The van der Waals surface area contributed by atoms with Gasteiger partial charge in [-0.05, 0) is 72.7 Å². The molecule has 0 radical (unpaired) electrons. The van der Waals surface area contributed by atoms with Crippen molar-refractivity contribution in [2.75, 3.05) is 75.2 Å². The summed E-state index contributed by atoms with van der Waals surface area (Å²) in [6, 6.07) is 16.7. The molecule has 6 heterocycles. The Labute approximate surface area is 454 Å². The second-order valence-corrected chi connectivity index (χ2v) is 23.6. The number of pyridine rings is 1. The van der Waals surface area contributed by atoms with Crippen molar-refractivity contribution < 1.29 is 50.6 Å². The topological polar surface area (TPSA) is 222 Å². The van der Waals surface area contributed by atoms with Crippen molar-refractivity contribution >= 4 is 67.5 Å². The fraction of sp³-hybridized carbons (Fsp3) is 0.418. The summed E-state index contributed by atoms with van der Waals surface area (Å²) >= 11 is 1.56. The van der Waals surface area contributed by atoms with Gasteiger partial charge in [-0.25, -0.2) is 23.1 Å². The molecule has 23 heteroatoms. The quantitative estimate of drug-likeness (QED) is 0.0468. The number of aryl methyl sites for hydroxylation is 1. The second-order valence-electron chi connectivity index (χ2n) is 21.1. The van der Waals surface area contributed by atoms with Gasteiger partial charge in [0, 0.05) is 93.4 Å². The van der Waals surface area contributed by atoms with E-state index >= 15 is 8.78 Å². The van der Waals surface area contributed by atoms with Gasteiger partial charge in [-0.15, -0.1) is 11.3 Å². The number of carbonyl (C=O) groups excluding carboxylic acids is 4. The van der Waals surface area contributed by atoms with E-state index < -0.39 is 92.9 Å². The van der Waals surface area contributed by atoms with E-state index in [0.717, 1.165) is 62.5 Å². The molecule has 3 aromatic heterocycles. The molecule has 5 N–H and O–H groups in total. The molecule has 3 amide bonds. The number of aromatic amines is 1. The van der Waals surface area contributed by atoms with E-state index in [4.69, 9.17) is 4.74 Å². The number of nitrogens with zero attached hydrogens (tertiary/aromatic N) is 6. The lowest BCUT2D eigenvalue weighted by atomic mass is 9.85. The van der Waals surface area contributed by atoms with Crippen LogP contribution in [0.5, 0.6) is 0 Å². The van der Waals surface area contributed by atoms with Gasteiger partial charge in [0.05, 0.1) is 46.1 Å². The number of hydrogen-bond acceptors (Lipinski definition) is 13. The largest absolute Gasteiger partial charge is 0.391 e. The third kappa shape index (κ3) is 12.4. The molecular weight excluding hydrogens is 1050 g/mol. The first-order chi connectivity index (χ1) is 37.1. The van der Waals surface area contributed by atoms with Crippen molar-refractivity contribution in [3.63, 3.8) is 0 Å². The Hall–Kier alpha value is -6.76. The predicted octanol–water partition coefficient (Wildman–Crippen LogP) is 6.38. The Morgan fingerprint density at radius 3 is 2.31 bits per heavy atom. The molecule has 18 nitrogen and oxygen atoms in total. The van der Waals surface area contributed by atoms with Gasteiger partial charge < -0.3 is 35.3 Å². The van der Waals surface area contributed by atoms with Gasteiger partial charge >= 0.3 is 10.2 Å². The number of fused-ring (bicyclic) bond motifs is 1. The summed E-state index contributed by atoms with van der Waals surface area (Å²) in [5.41, 5.74) is 4.92. The summed E-state index contributed by atoms with van der Waals surface area (Å²) in [5, 5.41) is 16.9. The molecule has 9 rings (SSSR count). The lowest BCUT2D eigenvalue weighted by Crippen LogP contribution is -2.58. The Balaban J connectivity index is 0.739. The number of rotatable bonds is 18. The summed E-state index contributed by atoms with van der Waals surface area (Å²) in [6.45, 7) is 12.2. The fourth-order valence-corrected chi connectivity index (χ4v) is 12.2. The summed E-state index contributed by atoms with van der Waals surface area (Å²) in [6.07, 6.45) is 0.688. The molecule has 78 heavy (non-hydrogen) atoms. The zero-order valence-corrected chi connectivity index (χ0v) is 45.5. The van der Waals surface area contributed by atoms with Gasteiger partial charge in [0.2, 0.25) is 23.5 Å². The maximum absolute atomic E-state index is 15.8. The number of ether oxygens (including phenoxy) is 1. The highest BCUT2D eigenvalue weighted by molar-refractivity contribution is 7.90. The number of nitrogens with one attached hydrogen (secondary N) is 4. The minimum Gasteiger partial charge on any atom is -0.391 e. The number of aromatic nitrogens is 3. The molecule has 0 unspecified atom stereocenters. The monoisotopic (exact) mass is 1110 g/mol. The maximum atomic E-state index is 15.8. The van der Waals surface area contributed by atoms with Crippen LogP contribution < -0.4 is 20.3 Å². The average Bonchev–Trinajstić information content (AvgIpc) is 4.31. The number of thiazole rings is 1. The summed E-state index contributed by atoms with van der Waals surface area (Å²) in [4.78, 5) is 73.5. The van der Waals surface area contributed by atoms with Crippen LogP contribution in [0.2, 0.25) is 0 Å². The fourth-order valence-electron chi connectivity index (χ4n) is 10.1. The van der Waals surface area contributed by atoms with Gasteiger partial charge in [-0.1, -0.05) is 57.2 Å². The first-order valence-corrected chi connectivity index (χ1v) is 28.1. The number of likely N-dealkylation sites (tertiary alicyclic amines) is 1. The number of hydrogen-bond donors (Lipinski definition) is 5. The number of carbonyl (C=O) groups is 4. The Morgan fingerprint density at radius 2 is 1.64 bits per heavy atom. The van der Waals surface area contributed by atoms with Crippen molar-refractivity contribution in [3.05, 3.63) is 119 Å². The number of benzene rings is 3. The number of H-pyrrole nitrogens is 1. The number of aliphatic hydroxyl groups excluding tert-OH is 1. The number of piperazine rings is 1. The molecule has 0 spiro atoms. The molecular formula is C55H63F3N10O8S2. The van der Waals surface area contributed by atoms with Gasteiger partial charge in [0.15, 0.2) is 5.82 Å². The molecule has 3 aliphatic heterocycles. The highest BCUT2D eigenvalue weighted by Gasteiger charge is 2.45. The van der Waals surface area contributed by atoms with Gasteiger partial charge in [-0.3, -0.25) is 28.8 Å². The number of amides is 3. The SMILES string of the molecule is Cc1ncsc1-c1ccc([C@H](C)NC(=O)[C@@H]2C[C@@H](O)CN2C(=O)[C@@H](NC(=O)COCCN2CCN(c3ccc(-c4cnc5[nH]cc(C(=O)c6c(F)ccc(NS(=O)(=O)N7CC[C@@H](F)C7)c6F)c5c4)cc3)CC2)C(C)(C)C)cc1. The van der Waals surface area contributed by atoms with Crippen LogP contribution in [-0.2, 0) is 29.3 Å². The van der Waals surface area contributed by atoms with Crippen molar-refractivity contribution in [3.8, 4) is 21.6 Å². The van der Waals surface area contributed by atoms with Crippen molar-refractivity contribution in [1.82, 2.24) is 39.7 Å². The van der Waals surface area contributed by atoms with Crippen molar-refractivity contribution in [2.24, 2.45) is 5.41 Å². The van der Waals surface area contributed by atoms with Crippen molar-refractivity contribution in [1.29, 1.82) is 0 Å². The van der Waals surface area contributed by atoms with E-state index in [2.05, 4.69) is 35.4 Å². The minimum absolute atomic E-state index is 0.0121. The van der Waals surface area contributed by atoms with Crippen LogP contribution in [0, 0.1) is 24.0 Å². The van der Waals surface area contributed by atoms with Gasteiger partial charge in [0.1, 0.15) is 36.3 Å². The van der Waals surface area contributed by atoms with Gasteiger partial charge in [0.25, 0.3) is 0 Å². The Bertz CT molecular complexity index is 3290. The summed E-state index contributed by atoms with van der Waals surface area (Å²) in [7, 11) is -4.38. The lowest BCUT2D eigenvalue weighted by Gasteiger charge is -2.36. The summed E-state index contributed by atoms with van der Waals surface area (Å²) < 4.78 is 79.1. The van der Waals surface area contributed by atoms with Crippen LogP contribution in [0.4, 0.5) is 24.5 Å². The summed E-state index contributed by atoms with van der Waals surface area (Å²) in [5.74, 6) is -4.96. The van der Waals surface area contributed by atoms with Crippen LogP contribution in [0.25, 0.3) is 32.6 Å². The molecule has 414 valence electrons. The second kappa shape index (κ2) is 23.3. The third-order valence-electron chi connectivity index (χ3n) is 14.5. The highest BCUT2D eigenvalue weighted by atomic mass is 32.2. The first-order valence-electron chi connectivity index (χ1n) is 25.8. The molecule has 3 fully saturated rings. The third-order valence-corrected chi connectivity index (χ3v) is 17.0. The first kappa shape index (κ1) is 56.0. The molecule has 5 atom stereocenters. The zero-order chi connectivity index (χ0) is 55.6. The molecule has 0 bridgehead atoms. The standard InChI is InChI=1S/C55H63F3N10O8S2/c1-32(34-6-8-36(9-7-34)50-33(2)61-31-77-50)62-53(72)45-25-40(69)29-68(45)54(73)51(55(3,4)5)63-46(70)30-76-23-22-65-18-20-66(21-19-65)39-12-10-35(11-13-39)37-24-41-42(27-60-52(41)59-26-37)49(71)47-43(57)14-15-44(48(47)58)64-78(74,75)67-17-16-38(56)28-67/h6-15,24,26-27,31-32,38,40,45,51,64,69H,16-23,25,28-30H2,1-5H3,(H,59,60)(H,62,72)(H,63,70)/t32-,38+,40+,45-,51+/m0/s1. The predicted molar refractivity (Wildman–Crippen MR) is 291 cm³/mol. The molecule has 0 aliphatic carbocycles. The number of alkyl halides is 1. The van der Waals surface area contributed by atoms with E-state index in [1.165, 1.54) is 11.1 Å². The van der Waals surface area contributed by atoms with E-state index in [9.17, 15) is 37.1 Å². The molecule has 3 aliphatic rings. The Morgan fingerprint density at radius 1 is 0.923 bits per heavy atom. The van der Waals surface area contributed by atoms with E-state index in [1.807, 2.05) is 87.9 Å². The molecule has 0 saturated carbocycles. The molecule has 3 saturated heterocycles. The van der Waals surface area contributed by atoms with Crippen LogP contribution in [0.3, 0.4) is 0 Å². The highest BCUT2D eigenvalue weighted by Crippen LogP contribution is 2.33. The lowest BCUT2D eigenvalue weighted by molar-refractivity contribution is -0.144. The van der Waals surface area contributed by atoms with E-state index in [-0.39, 0.29) is 50.8 Å². The smallest absolute Gasteiger partial charge is 0.301 e. The molecule has 6 aromatic rings. The zero-order valence-electron chi connectivity index (χ0n) is 43.9. The minimum atomic E-state index is -4.38. The number of aliphatic hydroxyl groups is 1. The average molecular weight is 1110 g/mol. The Kier molecular flexibility index (Phi) is 16.7. The number of halogens is 3. The number of ketones is 1. The molecule has 3 aromatic carbocycles. The normalized spacial score (nSPS) is 19.3. The van der Waals surface area contributed by atoms with Crippen LogP contribution >= 0.6 is 11.3 Å². The van der Waals surface area contributed by atoms with Crippen LogP contribution in [0.1, 0.15) is 73.8 Å². The van der Waals surface area contributed by atoms with Crippen LogP contribution in [0.15, 0.2) is 84.6 Å². The van der Waals surface area contributed by atoms with E-state index in [1.54, 1.807) is 29.1 Å². The number of β-amino-alcohol motifs (C(OH)–C–C–N with tert-alkyl or cyclic N) is 1. The van der Waals surface area contributed by atoms with E-state index in [0.29, 0.717) is 36.2 Å². The van der Waals surface area contributed by atoms with Crippen LogP contribution in [-0.4, -0.2) is 156 Å². The maximum Gasteiger partial charge on any atom is 0.301 e. The van der Waals surface area contributed by atoms with Crippen molar-refractivity contribution in [2.45, 2.75) is 77.9 Å².